The Labute approximate surface area is 216 Å². The van der Waals surface area contributed by atoms with E-state index < -0.39 is 5.60 Å². The molecular weight excluding hydrogens is 468 g/mol. The van der Waals surface area contributed by atoms with Crippen LogP contribution < -0.4 is 15.4 Å². The maximum atomic E-state index is 10.3. The predicted molar refractivity (Wildman–Crippen MR) is 145 cm³/mol. The SMILES string of the molecule is CN=CNc1cc(Oc2ccc(Nc3ncnn4ccc(CN5CCC(C)(O)CC5)c34)cc2C)ccn1. The van der Waals surface area contributed by atoms with Crippen molar-refractivity contribution in [2.45, 2.75) is 38.8 Å². The van der Waals surface area contributed by atoms with Gasteiger partial charge in [0.05, 0.1) is 11.9 Å². The number of nitrogens with one attached hydrogen (secondary N) is 2. The lowest BCUT2D eigenvalue weighted by Gasteiger charge is -2.35. The molecule has 1 fully saturated rings. The Morgan fingerprint density at radius 1 is 1.16 bits per heavy atom. The Bertz CT molecular complexity index is 1400. The monoisotopic (exact) mass is 500 g/mol. The molecule has 0 saturated carbocycles. The number of aromatic nitrogens is 4. The number of piperidine rings is 1. The van der Waals surface area contributed by atoms with Crippen LogP contribution in [0.1, 0.15) is 30.9 Å². The van der Waals surface area contributed by atoms with E-state index in [4.69, 9.17) is 4.74 Å². The Balaban J connectivity index is 1.32. The molecule has 1 aliphatic heterocycles. The van der Waals surface area contributed by atoms with E-state index in [1.165, 1.54) is 0 Å². The Hall–Kier alpha value is -4.02. The lowest BCUT2D eigenvalue weighted by Crippen LogP contribution is -2.41. The molecule has 4 aromatic rings. The summed E-state index contributed by atoms with van der Waals surface area (Å²) in [5.41, 5.74) is 3.42. The first-order valence-electron chi connectivity index (χ1n) is 12.3. The third-order valence-electron chi connectivity index (χ3n) is 6.60. The highest BCUT2D eigenvalue weighted by Crippen LogP contribution is 2.31. The van der Waals surface area contributed by atoms with Gasteiger partial charge in [-0.15, -0.1) is 0 Å². The topological polar surface area (TPSA) is 112 Å². The Morgan fingerprint density at radius 2 is 2.00 bits per heavy atom. The first kappa shape index (κ1) is 24.7. The predicted octanol–water partition coefficient (Wildman–Crippen LogP) is 4.39. The van der Waals surface area contributed by atoms with Crippen LogP contribution in [-0.2, 0) is 6.54 Å². The van der Waals surface area contributed by atoms with Crippen LogP contribution in [0.15, 0.2) is 60.1 Å². The molecule has 192 valence electrons. The summed E-state index contributed by atoms with van der Waals surface area (Å²) in [7, 11) is 1.69. The van der Waals surface area contributed by atoms with Gasteiger partial charge in [0.25, 0.3) is 0 Å². The van der Waals surface area contributed by atoms with Crippen molar-refractivity contribution in [1.82, 2.24) is 24.5 Å². The maximum absolute atomic E-state index is 10.3. The van der Waals surface area contributed by atoms with Gasteiger partial charge in [0.15, 0.2) is 5.82 Å². The van der Waals surface area contributed by atoms with Crippen molar-refractivity contribution in [1.29, 1.82) is 0 Å². The molecule has 10 heteroatoms. The van der Waals surface area contributed by atoms with Crippen LogP contribution in [0.3, 0.4) is 0 Å². The largest absolute Gasteiger partial charge is 0.457 e. The number of rotatable bonds is 8. The fourth-order valence-electron chi connectivity index (χ4n) is 4.46. The van der Waals surface area contributed by atoms with Gasteiger partial charge < -0.3 is 20.5 Å². The zero-order valence-electron chi connectivity index (χ0n) is 21.3. The zero-order valence-corrected chi connectivity index (χ0v) is 21.3. The molecule has 10 nitrogen and oxygen atoms in total. The number of ether oxygens (including phenoxy) is 1. The van der Waals surface area contributed by atoms with E-state index in [-0.39, 0.29) is 0 Å². The van der Waals surface area contributed by atoms with E-state index in [1.807, 2.05) is 54.9 Å². The second-order valence-electron chi connectivity index (χ2n) is 9.63. The number of aliphatic imine (C=N–C) groups is 1. The van der Waals surface area contributed by atoms with Crippen LogP contribution >= 0.6 is 0 Å². The number of aryl methyl sites for hydroxylation is 1. The van der Waals surface area contributed by atoms with Crippen LogP contribution in [0.25, 0.3) is 5.52 Å². The lowest BCUT2D eigenvalue weighted by molar-refractivity contribution is -0.00720. The van der Waals surface area contributed by atoms with Crippen molar-refractivity contribution in [3.05, 3.63) is 66.2 Å². The summed E-state index contributed by atoms with van der Waals surface area (Å²) < 4.78 is 7.96. The summed E-state index contributed by atoms with van der Waals surface area (Å²) in [6.07, 6.45) is 8.34. The van der Waals surface area contributed by atoms with Gasteiger partial charge in [0, 0.05) is 50.8 Å². The van der Waals surface area contributed by atoms with E-state index in [2.05, 4.69) is 41.7 Å². The second kappa shape index (κ2) is 10.5. The second-order valence-corrected chi connectivity index (χ2v) is 9.63. The van der Waals surface area contributed by atoms with Crippen LogP contribution in [0, 0.1) is 6.92 Å². The summed E-state index contributed by atoms with van der Waals surface area (Å²) in [5.74, 6) is 2.84. The summed E-state index contributed by atoms with van der Waals surface area (Å²) in [5, 5.41) is 21.1. The van der Waals surface area contributed by atoms with E-state index in [9.17, 15) is 5.11 Å². The minimum Gasteiger partial charge on any atom is -0.457 e. The average Bonchev–Trinajstić information content (AvgIpc) is 3.30. The molecule has 1 aromatic carbocycles. The fourth-order valence-corrected chi connectivity index (χ4v) is 4.46. The summed E-state index contributed by atoms with van der Waals surface area (Å²) >= 11 is 0. The number of likely N-dealkylation sites (tertiary alicyclic amines) is 1. The van der Waals surface area contributed by atoms with Gasteiger partial charge in [-0.2, -0.15) is 5.10 Å². The molecule has 0 spiro atoms. The van der Waals surface area contributed by atoms with Gasteiger partial charge in [-0.3, -0.25) is 9.89 Å². The van der Waals surface area contributed by atoms with Crippen LogP contribution in [0.5, 0.6) is 11.5 Å². The van der Waals surface area contributed by atoms with Gasteiger partial charge in [0.2, 0.25) is 0 Å². The van der Waals surface area contributed by atoms with Crippen molar-refractivity contribution < 1.29 is 9.84 Å². The fraction of sp³-hybridized carbons (Fsp3) is 0.333. The Kier molecular flexibility index (Phi) is 7.02. The molecule has 4 heterocycles. The quantitative estimate of drug-likeness (QED) is 0.241. The first-order valence-corrected chi connectivity index (χ1v) is 12.3. The smallest absolute Gasteiger partial charge is 0.158 e. The summed E-state index contributed by atoms with van der Waals surface area (Å²) in [6, 6.07) is 11.7. The third-order valence-corrected chi connectivity index (χ3v) is 6.60. The van der Waals surface area contributed by atoms with Crippen molar-refractivity contribution in [2.24, 2.45) is 4.99 Å². The highest BCUT2D eigenvalue weighted by molar-refractivity contribution is 5.77. The number of hydrogen-bond donors (Lipinski definition) is 3. The van der Waals surface area contributed by atoms with Gasteiger partial charge >= 0.3 is 0 Å². The first-order chi connectivity index (χ1) is 17.9. The molecule has 37 heavy (non-hydrogen) atoms. The van der Waals surface area contributed by atoms with Gasteiger partial charge in [-0.25, -0.2) is 14.5 Å². The molecule has 0 unspecified atom stereocenters. The molecule has 0 bridgehead atoms. The van der Waals surface area contributed by atoms with Crippen molar-refractivity contribution in [3.63, 3.8) is 0 Å². The van der Waals surface area contributed by atoms with Crippen LogP contribution in [0.4, 0.5) is 17.3 Å². The number of fused-ring (bicyclic) bond motifs is 1. The number of anilines is 3. The van der Waals surface area contributed by atoms with Gasteiger partial charge in [0.1, 0.15) is 29.2 Å². The molecule has 0 atom stereocenters. The number of aliphatic hydroxyl groups is 1. The number of nitrogens with zero attached hydrogens (tertiary/aromatic N) is 6. The van der Waals surface area contributed by atoms with Crippen molar-refractivity contribution >= 4 is 29.2 Å². The molecule has 1 aliphatic rings. The van der Waals surface area contributed by atoms with E-state index in [0.29, 0.717) is 11.6 Å². The summed E-state index contributed by atoms with van der Waals surface area (Å²) in [6.45, 7) is 6.44. The maximum Gasteiger partial charge on any atom is 0.158 e. The van der Waals surface area contributed by atoms with Crippen LogP contribution in [0.2, 0.25) is 0 Å². The van der Waals surface area contributed by atoms with Crippen molar-refractivity contribution in [2.75, 3.05) is 30.8 Å². The standard InChI is InChI=1S/C27H32N8O2/c1-19-14-21(4-5-23(19)37-22-6-10-29-24(15-22)30-17-28-3)33-26-25-20(7-11-35(25)32-18-31-26)16-34-12-8-27(2,36)9-13-34/h4-7,10-11,14-15,17-18,36H,8-9,12-13,16H2,1-3H3,(H,28,29,30)(H,31,32,33). The number of hydrogen-bond acceptors (Lipinski definition) is 8. The molecule has 3 aromatic heterocycles. The minimum absolute atomic E-state index is 0.566. The van der Waals surface area contributed by atoms with Gasteiger partial charge in [-0.05, 0) is 68.1 Å². The molecule has 1 saturated heterocycles. The minimum atomic E-state index is -0.566. The van der Waals surface area contributed by atoms with Crippen LogP contribution in [-0.4, -0.2) is 61.7 Å². The number of pyridine rings is 1. The normalized spacial score (nSPS) is 15.8. The lowest BCUT2D eigenvalue weighted by atomic mass is 9.93. The van der Waals surface area contributed by atoms with E-state index in [0.717, 1.165) is 66.4 Å². The number of benzene rings is 1. The molecular formula is C27H32N8O2. The summed E-state index contributed by atoms with van der Waals surface area (Å²) in [4.78, 5) is 15.1. The molecule has 0 amide bonds. The van der Waals surface area contributed by atoms with Crippen molar-refractivity contribution in [3.8, 4) is 11.5 Å². The highest BCUT2D eigenvalue weighted by atomic mass is 16.5. The average molecular weight is 501 g/mol. The molecule has 0 radical (unpaired) electrons. The Morgan fingerprint density at radius 3 is 2.78 bits per heavy atom. The zero-order chi connectivity index (χ0) is 25.8. The molecule has 5 rings (SSSR count). The molecule has 3 N–H and O–H groups in total. The van der Waals surface area contributed by atoms with E-state index in [1.54, 1.807) is 25.9 Å². The van der Waals surface area contributed by atoms with Gasteiger partial charge in [-0.1, -0.05) is 0 Å². The van der Waals surface area contributed by atoms with E-state index >= 15 is 0 Å². The third kappa shape index (κ3) is 5.87. The highest BCUT2D eigenvalue weighted by Gasteiger charge is 2.27. The molecule has 0 aliphatic carbocycles.